The molecule has 1 amide bonds. The third kappa shape index (κ3) is 4.86. The third-order valence-electron chi connectivity index (χ3n) is 3.57. The normalized spacial score (nSPS) is 21.3. The number of amides is 1. The number of benzene rings is 1. The van der Waals surface area contributed by atoms with E-state index in [1.54, 1.807) is 0 Å². The van der Waals surface area contributed by atoms with Crippen LogP contribution in [-0.4, -0.2) is 11.6 Å². The summed E-state index contributed by atoms with van der Waals surface area (Å²) in [5, 5.41) is 4.26. The van der Waals surface area contributed by atoms with E-state index in [4.69, 9.17) is 0 Å². The molecule has 3 nitrogen and oxygen atoms in total. The number of rotatable bonds is 4. The van der Waals surface area contributed by atoms with Gasteiger partial charge in [-0.2, -0.15) is 5.10 Å². The molecule has 2 rings (SSSR count). The van der Waals surface area contributed by atoms with Gasteiger partial charge in [0.05, 0.1) is 0 Å². The highest BCUT2D eigenvalue weighted by Crippen LogP contribution is 2.20. The predicted molar refractivity (Wildman–Crippen MR) is 78.0 cm³/mol. The second-order valence-corrected chi connectivity index (χ2v) is 5.40. The van der Waals surface area contributed by atoms with Gasteiger partial charge in [0.1, 0.15) is 0 Å². The van der Waals surface area contributed by atoms with Gasteiger partial charge in [-0.05, 0) is 43.6 Å². The van der Waals surface area contributed by atoms with Crippen LogP contribution in [0.4, 0.5) is 0 Å². The molecule has 1 aromatic carbocycles. The smallest absolute Gasteiger partial charge is 0.240 e. The van der Waals surface area contributed by atoms with Gasteiger partial charge >= 0.3 is 0 Å². The average molecular weight is 258 g/mol. The number of aryl methyl sites for hydroxylation is 1. The van der Waals surface area contributed by atoms with Gasteiger partial charge in [0.2, 0.25) is 5.91 Å². The molecule has 1 saturated carbocycles. The van der Waals surface area contributed by atoms with Gasteiger partial charge in [0.15, 0.2) is 0 Å². The third-order valence-corrected chi connectivity index (χ3v) is 3.57. The number of hydrogen-bond acceptors (Lipinski definition) is 2. The van der Waals surface area contributed by atoms with E-state index >= 15 is 0 Å². The van der Waals surface area contributed by atoms with Crippen LogP contribution in [0.2, 0.25) is 0 Å². The Balaban J connectivity index is 1.74. The molecule has 0 aromatic heterocycles. The number of nitrogens with one attached hydrogen (secondary N) is 1. The minimum absolute atomic E-state index is 0.00887. The minimum atomic E-state index is 0.00887. The molecule has 1 N–H and O–H groups in total. The van der Waals surface area contributed by atoms with Crippen molar-refractivity contribution in [2.75, 3.05) is 0 Å². The van der Waals surface area contributed by atoms with E-state index in [-0.39, 0.29) is 5.91 Å². The molecule has 3 heteroatoms. The molecule has 1 aliphatic carbocycles. The van der Waals surface area contributed by atoms with Crippen molar-refractivity contribution in [2.24, 2.45) is 11.0 Å². The topological polar surface area (TPSA) is 41.5 Å². The molecule has 0 bridgehead atoms. The minimum Gasteiger partial charge on any atom is -0.273 e. The molecule has 1 atom stereocenters. The molecule has 1 aromatic rings. The Labute approximate surface area is 115 Å². The van der Waals surface area contributed by atoms with E-state index in [1.807, 2.05) is 30.3 Å². The van der Waals surface area contributed by atoms with E-state index in [1.165, 1.54) is 18.4 Å². The van der Waals surface area contributed by atoms with E-state index in [2.05, 4.69) is 17.5 Å². The zero-order valence-corrected chi connectivity index (χ0v) is 11.6. The highest BCUT2D eigenvalue weighted by atomic mass is 16.2. The Morgan fingerprint density at radius 1 is 1.37 bits per heavy atom. The Kier molecular flexibility index (Phi) is 5.13. The summed E-state index contributed by atoms with van der Waals surface area (Å²) in [5.41, 5.74) is 5.03. The maximum Gasteiger partial charge on any atom is 0.240 e. The molecule has 0 spiro atoms. The molecule has 0 unspecified atom stereocenters. The van der Waals surface area contributed by atoms with Crippen LogP contribution in [0.1, 0.15) is 44.6 Å². The first-order valence-corrected chi connectivity index (χ1v) is 7.12. The molecule has 1 aliphatic rings. The van der Waals surface area contributed by atoms with Crippen LogP contribution >= 0.6 is 0 Å². The quantitative estimate of drug-likeness (QED) is 0.827. The number of carbonyl (C=O) groups excluding carboxylic acids is 1. The maximum atomic E-state index is 11.7. The summed E-state index contributed by atoms with van der Waals surface area (Å²) in [6.45, 7) is 2.24. The molecule has 19 heavy (non-hydrogen) atoms. The van der Waals surface area contributed by atoms with Crippen molar-refractivity contribution in [2.45, 2.75) is 45.4 Å². The molecule has 0 saturated heterocycles. The summed E-state index contributed by atoms with van der Waals surface area (Å²) >= 11 is 0. The number of hydrogen-bond donors (Lipinski definition) is 1. The van der Waals surface area contributed by atoms with E-state index in [0.29, 0.717) is 12.3 Å². The van der Waals surface area contributed by atoms with Crippen LogP contribution in [0.15, 0.2) is 35.4 Å². The van der Waals surface area contributed by atoms with Crippen LogP contribution in [0.5, 0.6) is 0 Å². The standard InChI is InChI=1S/C16H22N2O/c1-13-6-5-9-15(12-13)17-18-16(19)11-10-14-7-3-2-4-8-14/h2-4,7-8,13H,5-6,9-12H2,1H3,(H,18,19)/b17-15-/t13-/m0/s1. The lowest BCUT2D eigenvalue weighted by Gasteiger charge is -2.18. The fraction of sp³-hybridized carbons (Fsp3) is 0.500. The van der Waals surface area contributed by atoms with Crippen molar-refractivity contribution in [3.8, 4) is 0 Å². The van der Waals surface area contributed by atoms with Gasteiger partial charge in [-0.25, -0.2) is 5.43 Å². The predicted octanol–water partition coefficient (Wildman–Crippen LogP) is 3.30. The number of hydrazone groups is 1. The van der Waals surface area contributed by atoms with Crippen LogP contribution in [0.3, 0.4) is 0 Å². The van der Waals surface area contributed by atoms with Crippen LogP contribution in [0, 0.1) is 5.92 Å². The van der Waals surface area contributed by atoms with E-state index in [0.717, 1.165) is 25.0 Å². The fourth-order valence-electron chi connectivity index (χ4n) is 2.46. The van der Waals surface area contributed by atoms with Crippen molar-refractivity contribution in [1.82, 2.24) is 5.43 Å². The Morgan fingerprint density at radius 2 is 2.16 bits per heavy atom. The summed E-state index contributed by atoms with van der Waals surface area (Å²) in [5.74, 6) is 0.711. The zero-order chi connectivity index (χ0) is 13.5. The van der Waals surface area contributed by atoms with Crippen molar-refractivity contribution in [1.29, 1.82) is 0 Å². The van der Waals surface area contributed by atoms with Crippen molar-refractivity contribution < 1.29 is 4.79 Å². The number of nitrogens with zero attached hydrogens (tertiary/aromatic N) is 1. The summed E-state index contributed by atoms with van der Waals surface area (Å²) < 4.78 is 0. The summed E-state index contributed by atoms with van der Waals surface area (Å²) in [6, 6.07) is 10.1. The summed E-state index contributed by atoms with van der Waals surface area (Å²) in [4.78, 5) is 11.7. The molecule has 0 radical (unpaired) electrons. The zero-order valence-electron chi connectivity index (χ0n) is 11.6. The highest BCUT2D eigenvalue weighted by Gasteiger charge is 2.14. The highest BCUT2D eigenvalue weighted by molar-refractivity contribution is 5.87. The lowest BCUT2D eigenvalue weighted by Crippen LogP contribution is -2.22. The average Bonchev–Trinajstić information content (AvgIpc) is 2.44. The fourth-order valence-corrected chi connectivity index (χ4v) is 2.46. The van der Waals surface area contributed by atoms with Gasteiger partial charge < -0.3 is 0 Å². The second kappa shape index (κ2) is 7.07. The molecule has 102 valence electrons. The Bertz CT molecular complexity index is 439. The first-order chi connectivity index (χ1) is 9.24. The summed E-state index contributed by atoms with van der Waals surface area (Å²) in [6.07, 6.45) is 5.80. The molecular weight excluding hydrogens is 236 g/mol. The van der Waals surface area contributed by atoms with E-state index in [9.17, 15) is 4.79 Å². The lowest BCUT2D eigenvalue weighted by atomic mass is 9.89. The van der Waals surface area contributed by atoms with Crippen LogP contribution in [-0.2, 0) is 11.2 Å². The Morgan fingerprint density at radius 3 is 2.89 bits per heavy atom. The van der Waals surface area contributed by atoms with Crippen molar-refractivity contribution in [3.63, 3.8) is 0 Å². The first kappa shape index (κ1) is 13.8. The van der Waals surface area contributed by atoms with Gasteiger partial charge in [-0.15, -0.1) is 0 Å². The first-order valence-electron chi connectivity index (χ1n) is 7.12. The van der Waals surface area contributed by atoms with Crippen LogP contribution < -0.4 is 5.43 Å². The van der Waals surface area contributed by atoms with Gasteiger partial charge in [0, 0.05) is 12.1 Å². The van der Waals surface area contributed by atoms with Gasteiger partial charge in [-0.3, -0.25) is 4.79 Å². The second-order valence-electron chi connectivity index (χ2n) is 5.40. The van der Waals surface area contributed by atoms with Gasteiger partial charge in [0.25, 0.3) is 0 Å². The van der Waals surface area contributed by atoms with Gasteiger partial charge in [-0.1, -0.05) is 37.3 Å². The van der Waals surface area contributed by atoms with Crippen molar-refractivity contribution >= 4 is 11.6 Å². The Hall–Kier alpha value is -1.64. The molecule has 0 aliphatic heterocycles. The molecular formula is C16H22N2O. The van der Waals surface area contributed by atoms with E-state index < -0.39 is 0 Å². The van der Waals surface area contributed by atoms with Crippen LogP contribution in [0.25, 0.3) is 0 Å². The van der Waals surface area contributed by atoms with Crippen molar-refractivity contribution in [3.05, 3.63) is 35.9 Å². The monoisotopic (exact) mass is 258 g/mol. The maximum absolute atomic E-state index is 11.7. The SMILES string of the molecule is C[C@H]1CCC/C(=N/NC(=O)CCc2ccccc2)C1. The molecule has 0 heterocycles. The summed E-state index contributed by atoms with van der Waals surface area (Å²) in [7, 11) is 0. The lowest BCUT2D eigenvalue weighted by molar-refractivity contribution is -0.121. The largest absolute Gasteiger partial charge is 0.273 e. The molecule has 1 fully saturated rings. The number of carbonyl (C=O) groups is 1.